The Morgan fingerprint density at radius 3 is 2.95 bits per heavy atom. The van der Waals surface area contributed by atoms with Crippen molar-refractivity contribution in [2.24, 2.45) is 0 Å². The van der Waals surface area contributed by atoms with Crippen LogP contribution in [0.25, 0.3) is 0 Å². The molecule has 1 heterocycles. The third-order valence-electron chi connectivity index (χ3n) is 3.69. The fourth-order valence-corrected chi connectivity index (χ4v) is 3.66. The molecule has 1 atom stereocenters. The molecule has 0 radical (unpaired) electrons. The zero-order chi connectivity index (χ0) is 14.6. The van der Waals surface area contributed by atoms with Crippen molar-refractivity contribution < 1.29 is 13.2 Å². The molecule has 0 bridgehead atoms. The third-order valence-corrected chi connectivity index (χ3v) is 5.38. The van der Waals surface area contributed by atoms with Gasteiger partial charge in [0.2, 0.25) is 0 Å². The Bertz CT molecular complexity index is 545. The van der Waals surface area contributed by atoms with E-state index in [1.165, 1.54) is 7.11 Å². The summed E-state index contributed by atoms with van der Waals surface area (Å²) in [5.74, 6) is 0.714. The number of sulfone groups is 1. The van der Waals surface area contributed by atoms with E-state index in [9.17, 15) is 8.42 Å². The highest BCUT2D eigenvalue weighted by Crippen LogP contribution is 2.18. The summed E-state index contributed by atoms with van der Waals surface area (Å²) < 4.78 is 29.8. The third kappa shape index (κ3) is 3.71. The highest BCUT2D eigenvalue weighted by atomic mass is 32.2. The fourth-order valence-electron chi connectivity index (χ4n) is 2.37. The summed E-state index contributed by atoms with van der Waals surface area (Å²) in [4.78, 5) is 2.55. The van der Waals surface area contributed by atoms with E-state index in [1.807, 2.05) is 0 Å². The molecule has 6 heteroatoms. The molecule has 5 nitrogen and oxygen atoms in total. The highest BCUT2D eigenvalue weighted by molar-refractivity contribution is 7.91. The molecule has 20 heavy (non-hydrogen) atoms. The van der Waals surface area contributed by atoms with E-state index < -0.39 is 9.84 Å². The van der Waals surface area contributed by atoms with Crippen molar-refractivity contribution in [2.75, 3.05) is 39.0 Å². The van der Waals surface area contributed by atoms with Gasteiger partial charge in [-0.2, -0.15) is 0 Å². The maximum Gasteiger partial charge on any atom is 0.179 e. The van der Waals surface area contributed by atoms with E-state index in [4.69, 9.17) is 4.74 Å². The maximum absolute atomic E-state index is 12.4. The first-order chi connectivity index (χ1) is 9.53. The number of piperazine rings is 1. The van der Waals surface area contributed by atoms with E-state index in [0.29, 0.717) is 23.2 Å². The lowest BCUT2D eigenvalue weighted by Crippen LogP contribution is -2.50. The lowest BCUT2D eigenvalue weighted by Gasteiger charge is -2.33. The summed E-state index contributed by atoms with van der Waals surface area (Å²) in [6.07, 6.45) is 0. The van der Waals surface area contributed by atoms with Gasteiger partial charge in [-0.3, -0.25) is 4.90 Å². The summed E-state index contributed by atoms with van der Waals surface area (Å²) >= 11 is 0. The number of nitrogens with zero attached hydrogens (tertiary/aromatic N) is 1. The van der Waals surface area contributed by atoms with Crippen LogP contribution in [0.2, 0.25) is 0 Å². The summed E-state index contributed by atoms with van der Waals surface area (Å²) in [6.45, 7) is 5.42. The molecule has 1 saturated heterocycles. The van der Waals surface area contributed by atoms with Crippen LogP contribution in [0.5, 0.6) is 5.75 Å². The SMILES string of the molecule is COc1cccc(S(=O)(=O)CCN2CCNC[C@H]2C)c1. The molecule has 1 fully saturated rings. The number of hydrogen-bond acceptors (Lipinski definition) is 5. The minimum Gasteiger partial charge on any atom is -0.497 e. The van der Waals surface area contributed by atoms with Crippen LogP contribution < -0.4 is 10.1 Å². The molecule has 2 rings (SSSR count). The molecule has 0 aliphatic carbocycles. The molecule has 0 saturated carbocycles. The first-order valence-electron chi connectivity index (χ1n) is 6.84. The molecule has 1 aliphatic rings. The minimum absolute atomic E-state index is 0.143. The van der Waals surface area contributed by atoms with Gasteiger partial charge in [-0.15, -0.1) is 0 Å². The van der Waals surface area contributed by atoms with Crippen LogP contribution >= 0.6 is 0 Å². The molecular weight excluding hydrogens is 276 g/mol. The van der Waals surface area contributed by atoms with Gasteiger partial charge in [-0.1, -0.05) is 6.07 Å². The second-order valence-electron chi connectivity index (χ2n) is 5.09. The summed E-state index contributed by atoms with van der Waals surface area (Å²) in [6, 6.07) is 7.04. The van der Waals surface area contributed by atoms with Crippen molar-refractivity contribution in [3.8, 4) is 5.75 Å². The molecule has 1 aromatic carbocycles. The number of benzene rings is 1. The van der Waals surface area contributed by atoms with Crippen molar-refractivity contribution >= 4 is 9.84 Å². The van der Waals surface area contributed by atoms with Crippen LogP contribution in [-0.4, -0.2) is 58.4 Å². The Morgan fingerprint density at radius 2 is 2.25 bits per heavy atom. The second-order valence-corrected chi connectivity index (χ2v) is 7.20. The number of ether oxygens (including phenoxy) is 1. The molecule has 112 valence electrons. The lowest BCUT2D eigenvalue weighted by atomic mass is 10.2. The van der Waals surface area contributed by atoms with Gasteiger partial charge >= 0.3 is 0 Å². The first kappa shape index (κ1) is 15.3. The van der Waals surface area contributed by atoms with Crippen LogP contribution in [-0.2, 0) is 9.84 Å². The molecule has 0 aromatic heterocycles. The fraction of sp³-hybridized carbons (Fsp3) is 0.571. The minimum atomic E-state index is -3.26. The zero-order valence-electron chi connectivity index (χ0n) is 12.0. The van der Waals surface area contributed by atoms with Crippen molar-refractivity contribution in [1.82, 2.24) is 10.2 Å². The topological polar surface area (TPSA) is 58.6 Å². The monoisotopic (exact) mass is 298 g/mol. The number of nitrogens with one attached hydrogen (secondary N) is 1. The van der Waals surface area contributed by atoms with Gasteiger partial charge in [-0.25, -0.2) is 8.42 Å². The average molecular weight is 298 g/mol. The van der Waals surface area contributed by atoms with E-state index in [2.05, 4.69) is 17.1 Å². The Kier molecular flexibility index (Phi) is 5.01. The standard InChI is InChI=1S/C14H22N2O3S/c1-12-11-15-6-7-16(12)8-9-20(17,18)14-5-3-4-13(10-14)19-2/h3-5,10,12,15H,6-9,11H2,1-2H3/t12-/m1/s1. The van der Waals surface area contributed by atoms with Crippen molar-refractivity contribution in [3.63, 3.8) is 0 Å². The van der Waals surface area contributed by atoms with Gasteiger partial charge in [0.1, 0.15) is 5.75 Å². The average Bonchev–Trinajstić information content (AvgIpc) is 2.46. The predicted molar refractivity (Wildman–Crippen MR) is 79.0 cm³/mol. The number of rotatable bonds is 5. The number of hydrogen-bond donors (Lipinski definition) is 1. The number of methoxy groups -OCH3 is 1. The molecule has 1 N–H and O–H groups in total. The predicted octanol–water partition coefficient (Wildman–Crippen LogP) is 0.763. The summed E-state index contributed by atoms with van der Waals surface area (Å²) in [5.41, 5.74) is 0. The van der Waals surface area contributed by atoms with Crippen LogP contribution in [0.1, 0.15) is 6.92 Å². The van der Waals surface area contributed by atoms with Gasteiger partial charge in [0.05, 0.1) is 17.8 Å². The zero-order valence-corrected chi connectivity index (χ0v) is 12.8. The molecular formula is C14H22N2O3S. The summed E-state index contributed by atoms with van der Waals surface area (Å²) in [5, 5.41) is 3.30. The quantitative estimate of drug-likeness (QED) is 0.870. The molecule has 0 amide bonds. The van der Waals surface area contributed by atoms with Crippen molar-refractivity contribution in [1.29, 1.82) is 0 Å². The smallest absolute Gasteiger partial charge is 0.179 e. The van der Waals surface area contributed by atoms with Gasteiger partial charge in [-0.05, 0) is 25.1 Å². The van der Waals surface area contributed by atoms with E-state index in [0.717, 1.165) is 19.6 Å². The van der Waals surface area contributed by atoms with E-state index in [-0.39, 0.29) is 5.75 Å². The van der Waals surface area contributed by atoms with Crippen molar-refractivity contribution in [2.45, 2.75) is 17.9 Å². The van der Waals surface area contributed by atoms with Crippen LogP contribution in [0, 0.1) is 0 Å². The second kappa shape index (κ2) is 6.56. The maximum atomic E-state index is 12.4. The largest absolute Gasteiger partial charge is 0.497 e. The summed E-state index contributed by atoms with van der Waals surface area (Å²) in [7, 11) is -1.72. The Hall–Kier alpha value is -1.11. The lowest BCUT2D eigenvalue weighted by molar-refractivity contribution is 0.184. The van der Waals surface area contributed by atoms with E-state index in [1.54, 1.807) is 24.3 Å². The Morgan fingerprint density at radius 1 is 1.45 bits per heavy atom. The molecule has 1 aliphatic heterocycles. The van der Waals surface area contributed by atoms with Gasteiger partial charge < -0.3 is 10.1 Å². The van der Waals surface area contributed by atoms with Gasteiger partial charge in [0.15, 0.2) is 9.84 Å². The normalized spacial score (nSPS) is 20.8. The molecule has 1 aromatic rings. The first-order valence-corrected chi connectivity index (χ1v) is 8.50. The molecule has 0 spiro atoms. The van der Waals surface area contributed by atoms with Crippen LogP contribution in [0.4, 0.5) is 0 Å². The van der Waals surface area contributed by atoms with Crippen LogP contribution in [0.3, 0.4) is 0 Å². The van der Waals surface area contributed by atoms with Gasteiger partial charge in [0, 0.05) is 32.2 Å². The molecule has 0 unspecified atom stereocenters. The Balaban J connectivity index is 2.03. The Labute approximate surface area is 120 Å². The highest BCUT2D eigenvalue weighted by Gasteiger charge is 2.21. The van der Waals surface area contributed by atoms with Crippen molar-refractivity contribution in [3.05, 3.63) is 24.3 Å². The van der Waals surface area contributed by atoms with E-state index >= 15 is 0 Å². The van der Waals surface area contributed by atoms with Crippen LogP contribution in [0.15, 0.2) is 29.2 Å². The van der Waals surface area contributed by atoms with Gasteiger partial charge in [0.25, 0.3) is 0 Å².